The number of amides is 1. The van der Waals surface area contributed by atoms with E-state index in [0.29, 0.717) is 36.7 Å². The van der Waals surface area contributed by atoms with Gasteiger partial charge in [0.15, 0.2) is 0 Å². The second-order valence-electron chi connectivity index (χ2n) is 6.00. The maximum Gasteiger partial charge on any atom is 0.238 e. The van der Waals surface area contributed by atoms with Gasteiger partial charge in [-0.3, -0.25) is 10.1 Å². The van der Waals surface area contributed by atoms with E-state index in [-0.39, 0.29) is 0 Å². The van der Waals surface area contributed by atoms with Crippen molar-refractivity contribution in [3.05, 3.63) is 0 Å². The molecule has 4 heteroatoms. The highest BCUT2D eigenvalue weighted by atomic mass is 16.5. The Balaban J connectivity index is 1.69. The van der Waals surface area contributed by atoms with E-state index in [1.54, 1.807) is 7.11 Å². The van der Waals surface area contributed by atoms with E-state index in [1.165, 1.54) is 25.7 Å². The zero-order valence-corrected chi connectivity index (χ0v) is 11.2. The molecule has 4 nitrogen and oxygen atoms in total. The minimum atomic E-state index is 0.300. The number of rotatable bonds is 3. The van der Waals surface area contributed by atoms with Gasteiger partial charge in [0, 0.05) is 13.2 Å². The number of carbonyl (C=O) groups is 1. The lowest BCUT2D eigenvalue weighted by molar-refractivity contribution is -0.131. The van der Waals surface area contributed by atoms with Crippen LogP contribution in [0.5, 0.6) is 0 Å². The number of methoxy groups -OCH3 is 1. The topological polar surface area (TPSA) is 41.6 Å². The quantitative estimate of drug-likeness (QED) is 0.827. The van der Waals surface area contributed by atoms with Gasteiger partial charge in [0.25, 0.3) is 0 Å². The summed E-state index contributed by atoms with van der Waals surface area (Å²) < 4.78 is 5.44. The molecule has 2 saturated carbocycles. The number of nitrogens with one attached hydrogen (secondary N) is 1. The van der Waals surface area contributed by atoms with Crippen LogP contribution in [0.25, 0.3) is 0 Å². The highest BCUT2D eigenvalue weighted by Gasteiger charge is 2.43. The molecule has 3 rings (SSSR count). The van der Waals surface area contributed by atoms with Gasteiger partial charge in [0.2, 0.25) is 5.91 Å². The Labute approximate surface area is 109 Å². The monoisotopic (exact) mass is 252 g/mol. The van der Waals surface area contributed by atoms with E-state index in [2.05, 4.69) is 10.2 Å². The van der Waals surface area contributed by atoms with Crippen molar-refractivity contribution in [3.63, 3.8) is 0 Å². The lowest BCUT2D eigenvalue weighted by Gasteiger charge is -2.34. The van der Waals surface area contributed by atoms with Crippen LogP contribution in [0.2, 0.25) is 0 Å². The standard InChI is InChI=1S/C14H24N2O2/c1-18-12-7-6-11(8-12)16-13(17)9-15-14(16)10-4-2-3-5-10/h10-12,14-15H,2-9H2,1H3. The van der Waals surface area contributed by atoms with Crippen molar-refractivity contribution in [2.24, 2.45) is 5.92 Å². The molecule has 2 aliphatic carbocycles. The predicted molar refractivity (Wildman–Crippen MR) is 69.0 cm³/mol. The molecule has 3 aliphatic rings. The molecule has 0 radical (unpaired) electrons. The van der Waals surface area contributed by atoms with Crippen LogP contribution in [0.1, 0.15) is 44.9 Å². The molecule has 3 unspecified atom stereocenters. The third-order valence-corrected chi connectivity index (χ3v) is 4.98. The molecule has 1 N–H and O–H groups in total. The largest absolute Gasteiger partial charge is 0.381 e. The third kappa shape index (κ3) is 2.16. The summed E-state index contributed by atoms with van der Waals surface area (Å²) >= 11 is 0. The van der Waals surface area contributed by atoms with Crippen LogP contribution in [-0.4, -0.2) is 42.8 Å². The summed E-state index contributed by atoms with van der Waals surface area (Å²) in [5, 5.41) is 3.44. The van der Waals surface area contributed by atoms with Gasteiger partial charge in [-0.2, -0.15) is 0 Å². The van der Waals surface area contributed by atoms with E-state index in [1.807, 2.05) is 0 Å². The number of nitrogens with zero attached hydrogens (tertiary/aromatic N) is 1. The molecule has 3 fully saturated rings. The Bertz CT molecular complexity index is 315. The van der Waals surface area contributed by atoms with Crippen LogP contribution >= 0.6 is 0 Å². The van der Waals surface area contributed by atoms with Crippen LogP contribution < -0.4 is 5.32 Å². The third-order valence-electron chi connectivity index (χ3n) is 4.98. The van der Waals surface area contributed by atoms with Crippen molar-refractivity contribution in [2.75, 3.05) is 13.7 Å². The van der Waals surface area contributed by atoms with Crippen LogP contribution in [-0.2, 0) is 9.53 Å². The van der Waals surface area contributed by atoms with Gasteiger partial charge in [-0.1, -0.05) is 12.8 Å². The Morgan fingerprint density at radius 2 is 2.00 bits per heavy atom. The SMILES string of the molecule is COC1CCC(N2C(=O)CNC2C2CCCC2)C1. The minimum absolute atomic E-state index is 0.300. The number of hydrogen-bond acceptors (Lipinski definition) is 3. The summed E-state index contributed by atoms with van der Waals surface area (Å²) in [6.45, 7) is 0.537. The van der Waals surface area contributed by atoms with Crippen molar-refractivity contribution in [1.29, 1.82) is 0 Å². The van der Waals surface area contributed by atoms with Gasteiger partial charge in [-0.25, -0.2) is 0 Å². The molecular weight excluding hydrogens is 228 g/mol. The summed E-state index contributed by atoms with van der Waals surface area (Å²) in [7, 11) is 1.78. The van der Waals surface area contributed by atoms with Gasteiger partial charge in [0.05, 0.1) is 18.8 Å². The highest BCUT2D eigenvalue weighted by molar-refractivity contribution is 5.81. The van der Waals surface area contributed by atoms with Crippen LogP contribution in [0.4, 0.5) is 0 Å². The number of ether oxygens (including phenoxy) is 1. The zero-order chi connectivity index (χ0) is 12.5. The van der Waals surface area contributed by atoms with Crippen LogP contribution in [0.3, 0.4) is 0 Å². The predicted octanol–water partition coefficient (Wildman–Crippen LogP) is 1.50. The van der Waals surface area contributed by atoms with Crippen molar-refractivity contribution in [2.45, 2.75) is 63.3 Å². The first kappa shape index (κ1) is 12.4. The fourth-order valence-corrected chi connectivity index (χ4v) is 4.02. The molecule has 3 atom stereocenters. The molecule has 0 aromatic carbocycles. The van der Waals surface area contributed by atoms with E-state index < -0.39 is 0 Å². The lowest BCUT2D eigenvalue weighted by atomic mass is 10.0. The summed E-state index contributed by atoms with van der Waals surface area (Å²) in [6, 6.07) is 0.406. The number of hydrogen-bond donors (Lipinski definition) is 1. The molecule has 0 aromatic heterocycles. The molecular formula is C14H24N2O2. The maximum absolute atomic E-state index is 12.1. The van der Waals surface area contributed by atoms with Gasteiger partial charge in [0.1, 0.15) is 0 Å². The molecule has 1 amide bonds. The molecule has 1 aliphatic heterocycles. The van der Waals surface area contributed by atoms with Crippen molar-refractivity contribution >= 4 is 5.91 Å². The van der Waals surface area contributed by atoms with E-state index in [9.17, 15) is 4.79 Å². The minimum Gasteiger partial charge on any atom is -0.381 e. The summed E-state index contributed by atoms with van der Waals surface area (Å²) in [6.07, 6.45) is 9.11. The van der Waals surface area contributed by atoms with Crippen LogP contribution in [0.15, 0.2) is 0 Å². The molecule has 0 spiro atoms. The smallest absolute Gasteiger partial charge is 0.238 e. The molecule has 1 heterocycles. The Morgan fingerprint density at radius 3 is 2.67 bits per heavy atom. The van der Waals surface area contributed by atoms with E-state index in [4.69, 9.17) is 4.74 Å². The van der Waals surface area contributed by atoms with Gasteiger partial charge < -0.3 is 9.64 Å². The molecule has 0 aromatic rings. The normalized spacial score (nSPS) is 37.9. The first-order valence-corrected chi connectivity index (χ1v) is 7.37. The summed E-state index contributed by atoms with van der Waals surface area (Å²) in [5.41, 5.74) is 0. The van der Waals surface area contributed by atoms with Crippen molar-refractivity contribution < 1.29 is 9.53 Å². The zero-order valence-electron chi connectivity index (χ0n) is 11.2. The van der Waals surface area contributed by atoms with Crippen molar-refractivity contribution in [1.82, 2.24) is 10.2 Å². The Hall–Kier alpha value is -0.610. The number of carbonyl (C=O) groups excluding carboxylic acids is 1. The fourth-order valence-electron chi connectivity index (χ4n) is 4.02. The second kappa shape index (κ2) is 5.17. The Kier molecular flexibility index (Phi) is 3.57. The Morgan fingerprint density at radius 1 is 1.22 bits per heavy atom. The van der Waals surface area contributed by atoms with E-state index >= 15 is 0 Å². The molecule has 102 valence electrons. The van der Waals surface area contributed by atoms with Crippen molar-refractivity contribution in [3.8, 4) is 0 Å². The maximum atomic E-state index is 12.1. The molecule has 0 bridgehead atoms. The molecule has 18 heavy (non-hydrogen) atoms. The highest BCUT2D eigenvalue weighted by Crippen LogP contribution is 2.35. The van der Waals surface area contributed by atoms with Gasteiger partial charge >= 0.3 is 0 Å². The lowest BCUT2D eigenvalue weighted by Crippen LogP contribution is -2.47. The fraction of sp³-hybridized carbons (Fsp3) is 0.929. The first-order chi connectivity index (χ1) is 8.79. The second-order valence-corrected chi connectivity index (χ2v) is 6.00. The molecule has 1 saturated heterocycles. The first-order valence-electron chi connectivity index (χ1n) is 7.37. The summed E-state index contributed by atoms with van der Waals surface area (Å²) in [4.78, 5) is 14.3. The average Bonchev–Trinajstić information content (AvgIpc) is 3.07. The van der Waals surface area contributed by atoms with E-state index in [0.717, 1.165) is 19.3 Å². The summed E-state index contributed by atoms with van der Waals surface area (Å²) in [5.74, 6) is 0.978. The van der Waals surface area contributed by atoms with Gasteiger partial charge in [-0.15, -0.1) is 0 Å². The van der Waals surface area contributed by atoms with Crippen LogP contribution in [0, 0.1) is 5.92 Å². The average molecular weight is 252 g/mol. The van der Waals surface area contributed by atoms with Gasteiger partial charge in [-0.05, 0) is 38.0 Å².